The second kappa shape index (κ2) is 7.03. The van der Waals surface area contributed by atoms with Crippen LogP contribution in [0.15, 0.2) is 12.3 Å². The second-order valence-electron chi connectivity index (χ2n) is 4.99. The van der Waals surface area contributed by atoms with Crippen molar-refractivity contribution in [2.24, 2.45) is 5.73 Å². The molecule has 0 saturated heterocycles. The molecule has 2 rings (SSSR count). The van der Waals surface area contributed by atoms with E-state index in [0.29, 0.717) is 17.9 Å². The van der Waals surface area contributed by atoms with Crippen LogP contribution < -0.4 is 11.1 Å². The first-order valence-electron chi connectivity index (χ1n) is 7.23. The van der Waals surface area contributed by atoms with Crippen molar-refractivity contribution in [1.82, 2.24) is 20.0 Å². The molecule has 0 aliphatic heterocycles. The van der Waals surface area contributed by atoms with E-state index in [2.05, 4.69) is 27.5 Å². The molecule has 0 fully saturated rings. The van der Waals surface area contributed by atoms with Gasteiger partial charge in [0.15, 0.2) is 5.82 Å². The Balaban J connectivity index is 2.04. The third-order valence-electron chi connectivity index (χ3n) is 3.31. The Morgan fingerprint density at radius 3 is 3.05 bits per heavy atom. The Bertz CT molecular complexity index is 600. The number of rotatable bonds is 7. The first kappa shape index (κ1) is 15.2. The van der Waals surface area contributed by atoms with Crippen LogP contribution in [-0.4, -0.2) is 32.4 Å². The minimum absolute atomic E-state index is 0.193. The summed E-state index contributed by atoms with van der Waals surface area (Å²) in [5, 5.41) is 14.0. The summed E-state index contributed by atoms with van der Waals surface area (Å²) in [4.78, 5) is 12.2. The number of carbonyl (C=O) groups excluding carboxylic acids is 1. The summed E-state index contributed by atoms with van der Waals surface area (Å²) in [6, 6.07) is 1.86. The van der Waals surface area contributed by atoms with E-state index in [1.54, 1.807) is 10.9 Å². The molecule has 0 aromatic carbocycles. The molecule has 7 nitrogen and oxygen atoms in total. The van der Waals surface area contributed by atoms with Gasteiger partial charge in [0.05, 0.1) is 11.8 Å². The smallest absolute Gasteiger partial charge is 0.260 e. The van der Waals surface area contributed by atoms with Crippen molar-refractivity contribution in [2.75, 3.05) is 11.9 Å². The van der Waals surface area contributed by atoms with Crippen LogP contribution in [0.1, 0.15) is 41.5 Å². The number of anilines is 1. The van der Waals surface area contributed by atoms with Gasteiger partial charge in [0, 0.05) is 24.0 Å². The molecule has 2 aromatic heterocycles. The van der Waals surface area contributed by atoms with Crippen molar-refractivity contribution in [3.05, 3.63) is 29.2 Å². The number of amides is 1. The van der Waals surface area contributed by atoms with Crippen LogP contribution in [0.4, 0.5) is 5.82 Å². The number of aromatic nitrogens is 4. The fourth-order valence-corrected chi connectivity index (χ4v) is 2.14. The van der Waals surface area contributed by atoms with Gasteiger partial charge in [0.25, 0.3) is 5.91 Å². The average molecular weight is 290 g/mol. The molecule has 0 bridgehead atoms. The maximum atomic E-state index is 12.2. The zero-order valence-electron chi connectivity index (χ0n) is 12.5. The number of aromatic amines is 1. The zero-order chi connectivity index (χ0) is 15.2. The van der Waals surface area contributed by atoms with E-state index >= 15 is 0 Å². The molecule has 4 N–H and O–H groups in total. The van der Waals surface area contributed by atoms with Gasteiger partial charge in [-0.25, -0.2) is 0 Å². The Morgan fingerprint density at radius 2 is 2.33 bits per heavy atom. The van der Waals surface area contributed by atoms with Gasteiger partial charge in [-0.1, -0.05) is 13.3 Å². The summed E-state index contributed by atoms with van der Waals surface area (Å²) < 4.78 is 1.80. The number of aryl methyl sites for hydroxylation is 2. The lowest BCUT2D eigenvalue weighted by atomic mass is 10.2. The van der Waals surface area contributed by atoms with Gasteiger partial charge in [0.2, 0.25) is 0 Å². The highest BCUT2D eigenvalue weighted by Gasteiger charge is 2.15. The maximum absolute atomic E-state index is 12.2. The van der Waals surface area contributed by atoms with Crippen LogP contribution in [0.25, 0.3) is 0 Å². The van der Waals surface area contributed by atoms with E-state index in [1.165, 1.54) is 0 Å². The molecular weight excluding hydrogens is 268 g/mol. The molecule has 0 spiro atoms. The number of H-pyrrole nitrogens is 1. The third kappa shape index (κ3) is 3.69. The third-order valence-corrected chi connectivity index (χ3v) is 3.31. The maximum Gasteiger partial charge on any atom is 0.260 e. The Kier molecular flexibility index (Phi) is 5.10. The molecule has 0 unspecified atom stereocenters. The first-order chi connectivity index (χ1) is 10.2. The Hall–Kier alpha value is -2.15. The second-order valence-corrected chi connectivity index (χ2v) is 4.99. The van der Waals surface area contributed by atoms with Gasteiger partial charge in [-0.3, -0.25) is 14.6 Å². The summed E-state index contributed by atoms with van der Waals surface area (Å²) in [5.74, 6) is 0.346. The number of hydrogen-bond acceptors (Lipinski definition) is 4. The van der Waals surface area contributed by atoms with Crippen LogP contribution in [0.2, 0.25) is 0 Å². The molecule has 0 aliphatic carbocycles. The topological polar surface area (TPSA) is 102 Å². The predicted octanol–water partition coefficient (Wildman–Crippen LogP) is 1.47. The number of hydrogen-bond donors (Lipinski definition) is 3. The van der Waals surface area contributed by atoms with E-state index in [1.807, 2.05) is 13.0 Å². The van der Waals surface area contributed by atoms with Gasteiger partial charge in [-0.15, -0.1) is 0 Å². The van der Waals surface area contributed by atoms with Crippen LogP contribution in [0.3, 0.4) is 0 Å². The molecule has 21 heavy (non-hydrogen) atoms. The largest absolute Gasteiger partial charge is 0.330 e. The highest BCUT2D eigenvalue weighted by atomic mass is 16.1. The average Bonchev–Trinajstić information content (AvgIpc) is 3.04. The molecule has 0 aliphatic rings. The Labute approximate surface area is 123 Å². The lowest BCUT2D eigenvalue weighted by molar-refractivity contribution is 0.102. The molecule has 2 heterocycles. The van der Waals surface area contributed by atoms with Crippen LogP contribution in [0.5, 0.6) is 0 Å². The molecule has 7 heteroatoms. The van der Waals surface area contributed by atoms with E-state index in [9.17, 15) is 4.79 Å². The predicted molar refractivity (Wildman–Crippen MR) is 81.2 cm³/mol. The van der Waals surface area contributed by atoms with E-state index < -0.39 is 0 Å². The van der Waals surface area contributed by atoms with E-state index in [0.717, 1.165) is 37.2 Å². The molecule has 114 valence electrons. The summed E-state index contributed by atoms with van der Waals surface area (Å²) in [6.45, 7) is 5.30. The van der Waals surface area contributed by atoms with Gasteiger partial charge >= 0.3 is 0 Å². The molecular formula is C14H22N6O. The van der Waals surface area contributed by atoms with Crippen molar-refractivity contribution in [3.63, 3.8) is 0 Å². The van der Waals surface area contributed by atoms with Crippen LogP contribution in [-0.2, 0) is 13.0 Å². The van der Waals surface area contributed by atoms with Crippen LogP contribution >= 0.6 is 0 Å². The first-order valence-corrected chi connectivity index (χ1v) is 7.23. The van der Waals surface area contributed by atoms with E-state index in [-0.39, 0.29) is 5.91 Å². The highest BCUT2D eigenvalue weighted by molar-refractivity contribution is 6.04. The number of carbonyl (C=O) groups is 1. The summed E-state index contributed by atoms with van der Waals surface area (Å²) in [5.41, 5.74) is 7.91. The summed E-state index contributed by atoms with van der Waals surface area (Å²) >= 11 is 0. The SMILES string of the molecule is CCCc1cc(NC(=O)c2cnn(CCCN)c2C)n[nH]1. The zero-order valence-corrected chi connectivity index (χ0v) is 12.5. The van der Waals surface area contributed by atoms with Gasteiger partial charge in [0.1, 0.15) is 0 Å². The van der Waals surface area contributed by atoms with Crippen molar-refractivity contribution >= 4 is 11.7 Å². The minimum atomic E-state index is -0.193. The lowest BCUT2D eigenvalue weighted by Gasteiger charge is -2.04. The molecule has 1 amide bonds. The van der Waals surface area contributed by atoms with Crippen molar-refractivity contribution < 1.29 is 4.79 Å². The molecule has 0 radical (unpaired) electrons. The summed E-state index contributed by atoms with van der Waals surface area (Å²) in [6.07, 6.45) is 4.37. The number of nitrogens with zero attached hydrogens (tertiary/aromatic N) is 3. The van der Waals surface area contributed by atoms with Crippen molar-refractivity contribution in [1.29, 1.82) is 0 Å². The lowest BCUT2D eigenvalue weighted by Crippen LogP contribution is -2.14. The van der Waals surface area contributed by atoms with E-state index in [4.69, 9.17) is 5.73 Å². The normalized spacial score (nSPS) is 10.8. The van der Waals surface area contributed by atoms with Gasteiger partial charge < -0.3 is 11.1 Å². The monoisotopic (exact) mass is 290 g/mol. The Morgan fingerprint density at radius 1 is 1.52 bits per heavy atom. The standard InChI is InChI=1S/C14H22N6O/c1-3-5-11-8-13(19-18-11)17-14(21)12-9-16-20(10(12)2)7-4-6-15/h8-9H,3-7,15H2,1-2H3,(H2,17,18,19,21). The fraction of sp³-hybridized carbons (Fsp3) is 0.500. The van der Waals surface area contributed by atoms with Crippen molar-refractivity contribution in [2.45, 2.75) is 39.7 Å². The van der Waals surface area contributed by atoms with Crippen LogP contribution in [0, 0.1) is 6.92 Å². The van der Waals surface area contributed by atoms with Gasteiger partial charge in [-0.2, -0.15) is 10.2 Å². The molecule has 0 saturated carbocycles. The number of nitrogens with two attached hydrogens (primary N) is 1. The van der Waals surface area contributed by atoms with Gasteiger partial charge in [-0.05, 0) is 26.3 Å². The molecule has 0 atom stereocenters. The van der Waals surface area contributed by atoms with Crippen molar-refractivity contribution in [3.8, 4) is 0 Å². The fourth-order valence-electron chi connectivity index (χ4n) is 2.14. The quantitative estimate of drug-likeness (QED) is 0.718. The number of nitrogens with one attached hydrogen (secondary N) is 2. The minimum Gasteiger partial charge on any atom is -0.330 e. The summed E-state index contributed by atoms with van der Waals surface area (Å²) in [7, 11) is 0. The highest BCUT2D eigenvalue weighted by Crippen LogP contribution is 2.12. The molecule has 2 aromatic rings.